The van der Waals surface area contributed by atoms with Gasteiger partial charge in [0, 0.05) is 26.3 Å². The molecule has 6 heteroatoms. The predicted molar refractivity (Wildman–Crippen MR) is 77.0 cm³/mol. The Morgan fingerprint density at radius 1 is 1.45 bits per heavy atom. The van der Waals surface area contributed by atoms with Crippen LogP contribution in [-0.2, 0) is 11.3 Å². The maximum atomic E-state index is 10.9. The van der Waals surface area contributed by atoms with Crippen LogP contribution >= 0.6 is 0 Å². The molecule has 20 heavy (non-hydrogen) atoms. The molecule has 1 N–H and O–H groups in total. The Morgan fingerprint density at radius 3 is 2.90 bits per heavy atom. The summed E-state index contributed by atoms with van der Waals surface area (Å²) in [7, 11) is 1.64. The van der Waals surface area contributed by atoms with Gasteiger partial charge in [-0.1, -0.05) is 12.1 Å². The molecule has 0 aromatic heterocycles. The summed E-state index contributed by atoms with van der Waals surface area (Å²) in [6.07, 6.45) is 2.36. The van der Waals surface area contributed by atoms with Crippen molar-refractivity contribution in [1.82, 2.24) is 5.32 Å². The van der Waals surface area contributed by atoms with Crippen LogP contribution in [0.1, 0.15) is 12.0 Å². The normalized spacial score (nSPS) is 10.2. The minimum absolute atomic E-state index is 0.0188. The third kappa shape index (κ3) is 5.38. The SMILES string of the molecule is C=CCCOc1cc(CNCCOC)ccc1[N+](=O)[O-]. The van der Waals surface area contributed by atoms with Crippen LogP contribution < -0.4 is 10.1 Å². The van der Waals surface area contributed by atoms with Crippen LogP contribution in [0.3, 0.4) is 0 Å². The Balaban J connectivity index is 2.70. The van der Waals surface area contributed by atoms with Gasteiger partial charge < -0.3 is 14.8 Å². The van der Waals surface area contributed by atoms with Crippen molar-refractivity contribution in [2.45, 2.75) is 13.0 Å². The van der Waals surface area contributed by atoms with Crippen molar-refractivity contribution in [2.24, 2.45) is 0 Å². The second-order valence-corrected chi connectivity index (χ2v) is 4.15. The number of nitro groups is 1. The van der Waals surface area contributed by atoms with Crippen molar-refractivity contribution in [2.75, 3.05) is 26.9 Å². The van der Waals surface area contributed by atoms with Crippen LogP contribution in [0, 0.1) is 10.1 Å². The minimum Gasteiger partial charge on any atom is -0.486 e. The molecule has 0 amide bonds. The van der Waals surface area contributed by atoms with Crippen LogP contribution in [0.25, 0.3) is 0 Å². The first-order chi connectivity index (χ1) is 9.69. The largest absolute Gasteiger partial charge is 0.486 e. The van der Waals surface area contributed by atoms with E-state index in [9.17, 15) is 10.1 Å². The fraction of sp³-hybridized carbons (Fsp3) is 0.429. The highest BCUT2D eigenvalue weighted by Crippen LogP contribution is 2.28. The van der Waals surface area contributed by atoms with Gasteiger partial charge in [0.05, 0.1) is 18.1 Å². The van der Waals surface area contributed by atoms with E-state index in [4.69, 9.17) is 9.47 Å². The van der Waals surface area contributed by atoms with E-state index in [1.165, 1.54) is 6.07 Å². The topological polar surface area (TPSA) is 73.6 Å². The van der Waals surface area contributed by atoms with Crippen molar-refractivity contribution in [1.29, 1.82) is 0 Å². The van der Waals surface area contributed by atoms with Gasteiger partial charge in [0.15, 0.2) is 5.75 Å². The molecule has 0 spiro atoms. The summed E-state index contributed by atoms with van der Waals surface area (Å²) in [6, 6.07) is 4.88. The molecule has 1 aromatic rings. The highest BCUT2D eigenvalue weighted by Gasteiger charge is 2.15. The number of nitro benzene ring substituents is 1. The van der Waals surface area contributed by atoms with Gasteiger partial charge in [-0.25, -0.2) is 0 Å². The lowest BCUT2D eigenvalue weighted by atomic mass is 10.2. The summed E-state index contributed by atoms with van der Waals surface area (Å²) < 4.78 is 10.4. The van der Waals surface area contributed by atoms with Crippen molar-refractivity contribution in [3.63, 3.8) is 0 Å². The number of nitrogens with one attached hydrogen (secondary N) is 1. The molecule has 0 aliphatic rings. The van der Waals surface area contributed by atoms with Crippen LogP contribution in [-0.4, -0.2) is 31.8 Å². The molecule has 1 aromatic carbocycles. The zero-order chi connectivity index (χ0) is 14.8. The van der Waals surface area contributed by atoms with E-state index < -0.39 is 4.92 Å². The Kier molecular flexibility index (Phi) is 7.31. The molecule has 0 atom stereocenters. The highest BCUT2D eigenvalue weighted by atomic mass is 16.6. The summed E-state index contributed by atoms with van der Waals surface area (Å²) >= 11 is 0. The summed E-state index contributed by atoms with van der Waals surface area (Å²) in [5.74, 6) is 0.294. The number of hydrogen-bond acceptors (Lipinski definition) is 5. The van der Waals surface area contributed by atoms with Crippen molar-refractivity contribution in [3.8, 4) is 5.75 Å². The lowest BCUT2D eigenvalue weighted by Crippen LogP contribution is -2.18. The zero-order valence-electron chi connectivity index (χ0n) is 11.6. The smallest absolute Gasteiger partial charge is 0.310 e. The molecule has 0 aliphatic heterocycles. The molecule has 1 rings (SSSR count). The van der Waals surface area contributed by atoms with E-state index in [-0.39, 0.29) is 5.69 Å². The number of ether oxygens (including phenoxy) is 2. The first-order valence-electron chi connectivity index (χ1n) is 6.39. The average molecular weight is 280 g/mol. The molecular formula is C14H20N2O4. The fourth-order valence-corrected chi connectivity index (χ4v) is 1.59. The second-order valence-electron chi connectivity index (χ2n) is 4.15. The van der Waals surface area contributed by atoms with E-state index in [0.29, 0.717) is 31.9 Å². The second kappa shape index (κ2) is 9.06. The maximum Gasteiger partial charge on any atom is 0.310 e. The molecule has 0 radical (unpaired) electrons. The van der Waals surface area contributed by atoms with E-state index in [1.54, 1.807) is 25.3 Å². The zero-order valence-corrected chi connectivity index (χ0v) is 11.6. The van der Waals surface area contributed by atoms with Crippen molar-refractivity contribution >= 4 is 5.69 Å². The van der Waals surface area contributed by atoms with E-state index >= 15 is 0 Å². The molecule has 6 nitrogen and oxygen atoms in total. The van der Waals surface area contributed by atoms with E-state index in [1.807, 2.05) is 0 Å². The predicted octanol–water partition coefficient (Wildman–Crippen LogP) is 2.29. The highest BCUT2D eigenvalue weighted by molar-refractivity contribution is 5.48. The maximum absolute atomic E-state index is 10.9. The molecule has 0 fully saturated rings. The van der Waals surface area contributed by atoms with Crippen LogP contribution in [0.4, 0.5) is 5.69 Å². The number of methoxy groups -OCH3 is 1. The van der Waals surface area contributed by atoms with Gasteiger partial charge in [0.2, 0.25) is 0 Å². The number of rotatable bonds is 10. The average Bonchev–Trinajstić information content (AvgIpc) is 2.44. The van der Waals surface area contributed by atoms with Gasteiger partial charge in [-0.3, -0.25) is 10.1 Å². The Hall–Kier alpha value is -1.92. The van der Waals surface area contributed by atoms with Gasteiger partial charge in [-0.2, -0.15) is 0 Å². The minimum atomic E-state index is -0.439. The number of hydrogen-bond donors (Lipinski definition) is 1. The fourth-order valence-electron chi connectivity index (χ4n) is 1.59. The molecular weight excluding hydrogens is 260 g/mol. The summed E-state index contributed by atoms with van der Waals surface area (Å²) in [4.78, 5) is 10.5. The molecule has 110 valence electrons. The molecule has 0 aliphatic carbocycles. The van der Waals surface area contributed by atoms with Gasteiger partial charge >= 0.3 is 5.69 Å². The summed E-state index contributed by atoms with van der Waals surface area (Å²) in [5, 5.41) is 14.1. The Morgan fingerprint density at radius 2 is 2.25 bits per heavy atom. The van der Waals surface area contributed by atoms with E-state index in [0.717, 1.165) is 12.1 Å². The number of benzene rings is 1. The molecule has 0 saturated carbocycles. The van der Waals surface area contributed by atoms with Gasteiger partial charge in [-0.05, 0) is 18.1 Å². The molecule has 0 saturated heterocycles. The Bertz CT molecular complexity index is 449. The van der Waals surface area contributed by atoms with E-state index in [2.05, 4.69) is 11.9 Å². The molecule has 0 heterocycles. The summed E-state index contributed by atoms with van der Waals surface area (Å²) in [5.41, 5.74) is 0.912. The first-order valence-corrected chi connectivity index (χ1v) is 6.39. The summed E-state index contributed by atoms with van der Waals surface area (Å²) in [6.45, 7) is 5.92. The van der Waals surface area contributed by atoms with Gasteiger partial charge in [-0.15, -0.1) is 6.58 Å². The van der Waals surface area contributed by atoms with Crippen molar-refractivity contribution < 1.29 is 14.4 Å². The van der Waals surface area contributed by atoms with Gasteiger partial charge in [0.25, 0.3) is 0 Å². The monoisotopic (exact) mass is 280 g/mol. The lowest BCUT2D eigenvalue weighted by Gasteiger charge is -2.09. The molecule has 0 unspecified atom stereocenters. The molecule has 0 bridgehead atoms. The standard InChI is InChI=1S/C14H20N2O4/c1-3-4-8-20-14-10-12(11-15-7-9-19-2)5-6-13(14)16(17)18/h3,5-6,10,15H,1,4,7-9,11H2,2H3. The van der Waals surface area contributed by atoms with Crippen LogP contribution in [0.2, 0.25) is 0 Å². The quantitative estimate of drug-likeness (QED) is 0.308. The first kappa shape index (κ1) is 16.1. The third-order valence-corrected chi connectivity index (χ3v) is 2.61. The third-order valence-electron chi connectivity index (χ3n) is 2.61. The van der Waals surface area contributed by atoms with Crippen LogP contribution in [0.5, 0.6) is 5.75 Å². The number of nitrogens with zero attached hydrogens (tertiary/aromatic N) is 1. The van der Waals surface area contributed by atoms with Crippen molar-refractivity contribution in [3.05, 3.63) is 46.5 Å². The van der Waals surface area contributed by atoms with Crippen LogP contribution in [0.15, 0.2) is 30.9 Å². The van der Waals surface area contributed by atoms with Gasteiger partial charge in [0.1, 0.15) is 0 Å². The lowest BCUT2D eigenvalue weighted by molar-refractivity contribution is -0.385. The Labute approximate surface area is 118 Å².